The van der Waals surface area contributed by atoms with Crippen molar-refractivity contribution in [1.29, 1.82) is 0 Å². The molecule has 2 atom stereocenters. The Balaban J connectivity index is 1.89. The van der Waals surface area contributed by atoms with Crippen LogP contribution in [0.25, 0.3) is 0 Å². The van der Waals surface area contributed by atoms with E-state index in [1.165, 1.54) is 24.0 Å². The molecule has 0 radical (unpaired) electrons. The summed E-state index contributed by atoms with van der Waals surface area (Å²) in [5.74, 6) is 0. The van der Waals surface area contributed by atoms with Gasteiger partial charge in [-0.2, -0.15) is 0 Å². The van der Waals surface area contributed by atoms with Crippen LogP contribution in [0.5, 0.6) is 0 Å². The first-order valence-electron chi connectivity index (χ1n) is 6.51. The van der Waals surface area contributed by atoms with Crippen molar-refractivity contribution in [3.63, 3.8) is 0 Å². The topological polar surface area (TPSA) is 38.5 Å². The molecule has 17 heavy (non-hydrogen) atoms. The Labute approximate surface area is 103 Å². The van der Waals surface area contributed by atoms with Gasteiger partial charge in [-0.15, -0.1) is 0 Å². The van der Waals surface area contributed by atoms with Gasteiger partial charge in [0.05, 0.1) is 19.3 Å². The molecule has 0 amide bonds. The molecule has 0 bridgehead atoms. The molecule has 2 heterocycles. The molecule has 3 nitrogen and oxygen atoms in total. The number of rotatable bonds is 2. The predicted octanol–water partition coefficient (Wildman–Crippen LogP) is 1.68. The van der Waals surface area contributed by atoms with Crippen molar-refractivity contribution in [1.82, 2.24) is 4.90 Å². The van der Waals surface area contributed by atoms with Crippen LogP contribution in [0, 0.1) is 0 Å². The van der Waals surface area contributed by atoms with Crippen LogP contribution < -0.4 is 5.73 Å². The molecular weight excluding hydrogens is 212 g/mol. The van der Waals surface area contributed by atoms with Gasteiger partial charge in [0.2, 0.25) is 0 Å². The van der Waals surface area contributed by atoms with E-state index in [0.29, 0.717) is 12.1 Å². The van der Waals surface area contributed by atoms with Crippen LogP contribution in [0.15, 0.2) is 24.3 Å². The molecule has 1 aromatic rings. The zero-order valence-electron chi connectivity index (χ0n) is 10.1. The first-order chi connectivity index (χ1) is 8.40. The van der Waals surface area contributed by atoms with Gasteiger partial charge in [0.25, 0.3) is 0 Å². The Hall–Kier alpha value is -0.900. The summed E-state index contributed by atoms with van der Waals surface area (Å²) in [4.78, 5) is 2.54. The van der Waals surface area contributed by atoms with Crippen LogP contribution in [-0.2, 0) is 11.3 Å². The zero-order valence-corrected chi connectivity index (χ0v) is 10.1. The zero-order chi connectivity index (χ0) is 11.7. The molecule has 3 heteroatoms. The quantitative estimate of drug-likeness (QED) is 0.843. The summed E-state index contributed by atoms with van der Waals surface area (Å²) in [5, 5.41) is 0. The molecule has 1 aromatic carbocycles. The van der Waals surface area contributed by atoms with Crippen molar-refractivity contribution in [2.45, 2.75) is 31.5 Å². The van der Waals surface area contributed by atoms with Gasteiger partial charge in [0.15, 0.2) is 0 Å². The second-order valence-electron chi connectivity index (χ2n) is 5.00. The smallest absolute Gasteiger partial charge is 0.0721 e. The number of hydrogen-bond donors (Lipinski definition) is 1. The van der Waals surface area contributed by atoms with E-state index in [2.05, 4.69) is 29.2 Å². The maximum Gasteiger partial charge on any atom is 0.0721 e. The highest BCUT2D eigenvalue weighted by atomic mass is 16.5. The van der Waals surface area contributed by atoms with Crippen LogP contribution in [-0.4, -0.2) is 30.6 Å². The minimum Gasteiger partial charge on any atom is -0.375 e. The highest BCUT2D eigenvalue weighted by molar-refractivity contribution is 5.31. The number of nitrogens with zero attached hydrogens (tertiary/aromatic N) is 1. The third-order valence-corrected chi connectivity index (χ3v) is 4.04. The van der Waals surface area contributed by atoms with Gasteiger partial charge in [-0.05, 0) is 30.5 Å². The predicted molar refractivity (Wildman–Crippen MR) is 67.6 cm³/mol. The molecule has 0 aliphatic carbocycles. The summed E-state index contributed by atoms with van der Waals surface area (Å²) in [5.41, 5.74) is 8.65. The summed E-state index contributed by atoms with van der Waals surface area (Å²) in [6.45, 7) is 3.49. The average molecular weight is 232 g/mol. The van der Waals surface area contributed by atoms with E-state index in [1.54, 1.807) is 0 Å². The van der Waals surface area contributed by atoms with Crippen molar-refractivity contribution >= 4 is 0 Å². The Morgan fingerprint density at radius 1 is 1.35 bits per heavy atom. The molecule has 3 rings (SSSR count). The third kappa shape index (κ3) is 1.99. The summed E-state index contributed by atoms with van der Waals surface area (Å²) >= 11 is 0. The fourth-order valence-electron chi connectivity index (χ4n) is 3.16. The van der Waals surface area contributed by atoms with Crippen LogP contribution in [0.4, 0.5) is 0 Å². The summed E-state index contributed by atoms with van der Waals surface area (Å²) in [6.07, 6.45) is 2.50. The highest BCUT2D eigenvalue weighted by Gasteiger charge is 2.33. The minimum absolute atomic E-state index is 0.413. The second kappa shape index (κ2) is 4.77. The Morgan fingerprint density at radius 2 is 2.24 bits per heavy atom. The normalized spacial score (nSPS) is 29.2. The average Bonchev–Trinajstić information content (AvgIpc) is 2.86. The molecule has 92 valence electrons. The monoisotopic (exact) mass is 232 g/mol. The van der Waals surface area contributed by atoms with E-state index in [-0.39, 0.29) is 0 Å². The number of likely N-dealkylation sites (tertiary alicyclic amines) is 1. The van der Waals surface area contributed by atoms with Crippen LogP contribution in [0.2, 0.25) is 0 Å². The highest BCUT2D eigenvalue weighted by Crippen LogP contribution is 2.34. The number of fused-ring (bicyclic) bond motifs is 1. The molecule has 2 aliphatic rings. The number of ether oxygens (including phenoxy) is 1. The van der Waals surface area contributed by atoms with E-state index in [9.17, 15) is 0 Å². The standard InChI is InChI=1S/C14H20N2O/c15-8-12-5-3-7-16(12)14-10-17-9-11-4-1-2-6-13(11)14/h1-2,4,6,12,14H,3,5,7-10,15H2. The van der Waals surface area contributed by atoms with E-state index in [0.717, 1.165) is 26.3 Å². The van der Waals surface area contributed by atoms with Crippen molar-refractivity contribution in [2.24, 2.45) is 5.73 Å². The van der Waals surface area contributed by atoms with E-state index in [1.807, 2.05) is 0 Å². The molecule has 2 N–H and O–H groups in total. The van der Waals surface area contributed by atoms with E-state index < -0.39 is 0 Å². The number of nitrogens with two attached hydrogens (primary N) is 1. The lowest BCUT2D eigenvalue weighted by Crippen LogP contribution is -2.41. The molecule has 2 aliphatic heterocycles. The van der Waals surface area contributed by atoms with Gasteiger partial charge < -0.3 is 10.5 Å². The molecule has 1 fully saturated rings. The maximum atomic E-state index is 5.87. The van der Waals surface area contributed by atoms with Gasteiger partial charge in [-0.1, -0.05) is 24.3 Å². The molecular formula is C14H20N2O. The van der Waals surface area contributed by atoms with Crippen LogP contribution in [0.3, 0.4) is 0 Å². The molecule has 0 saturated carbocycles. The molecule has 1 saturated heterocycles. The van der Waals surface area contributed by atoms with Gasteiger partial charge in [-0.25, -0.2) is 0 Å². The van der Waals surface area contributed by atoms with Crippen molar-refractivity contribution in [3.8, 4) is 0 Å². The molecule has 0 spiro atoms. The second-order valence-corrected chi connectivity index (χ2v) is 5.00. The SMILES string of the molecule is NCC1CCCN1C1COCc2ccccc21. The Morgan fingerprint density at radius 3 is 3.12 bits per heavy atom. The summed E-state index contributed by atoms with van der Waals surface area (Å²) in [7, 11) is 0. The minimum atomic E-state index is 0.413. The fourth-order valence-corrected chi connectivity index (χ4v) is 3.16. The van der Waals surface area contributed by atoms with Gasteiger partial charge >= 0.3 is 0 Å². The summed E-state index contributed by atoms with van der Waals surface area (Å²) < 4.78 is 5.73. The largest absolute Gasteiger partial charge is 0.375 e. The lowest BCUT2D eigenvalue weighted by Gasteiger charge is -2.36. The molecule has 0 aromatic heterocycles. The first kappa shape index (κ1) is 11.2. The third-order valence-electron chi connectivity index (χ3n) is 4.04. The van der Waals surface area contributed by atoms with Gasteiger partial charge in [0, 0.05) is 12.6 Å². The Bertz CT molecular complexity index is 394. The van der Waals surface area contributed by atoms with E-state index >= 15 is 0 Å². The lowest BCUT2D eigenvalue weighted by molar-refractivity contribution is 0.0282. The summed E-state index contributed by atoms with van der Waals surface area (Å²) in [6, 6.07) is 9.59. The van der Waals surface area contributed by atoms with E-state index in [4.69, 9.17) is 10.5 Å². The van der Waals surface area contributed by atoms with Crippen molar-refractivity contribution in [3.05, 3.63) is 35.4 Å². The number of benzene rings is 1. The maximum absolute atomic E-state index is 5.87. The lowest BCUT2D eigenvalue weighted by atomic mass is 9.97. The van der Waals surface area contributed by atoms with Gasteiger partial charge in [-0.3, -0.25) is 4.90 Å². The van der Waals surface area contributed by atoms with Crippen LogP contribution >= 0.6 is 0 Å². The molecule has 2 unspecified atom stereocenters. The first-order valence-corrected chi connectivity index (χ1v) is 6.51. The van der Waals surface area contributed by atoms with Crippen LogP contribution in [0.1, 0.15) is 30.0 Å². The fraction of sp³-hybridized carbons (Fsp3) is 0.571. The van der Waals surface area contributed by atoms with Gasteiger partial charge in [0.1, 0.15) is 0 Å². The number of hydrogen-bond acceptors (Lipinski definition) is 3. The van der Waals surface area contributed by atoms with Crippen molar-refractivity contribution < 1.29 is 4.74 Å². The van der Waals surface area contributed by atoms with Crippen molar-refractivity contribution in [2.75, 3.05) is 19.7 Å². The Kier molecular flexibility index (Phi) is 3.14.